The van der Waals surface area contributed by atoms with Gasteiger partial charge in [0, 0.05) is 32.7 Å². The quantitative estimate of drug-likeness (QED) is 0.776. The molecular weight excluding hydrogens is 238 g/mol. The fraction of sp³-hybridized carbons (Fsp3) is 1.00. The Bertz CT molecular complexity index is 329. The highest BCUT2D eigenvalue weighted by molar-refractivity contribution is 7.86. The average molecular weight is 261 g/mol. The van der Waals surface area contributed by atoms with Gasteiger partial charge >= 0.3 is 0 Å². The Morgan fingerprint density at radius 2 is 1.82 bits per heavy atom. The van der Waals surface area contributed by atoms with Crippen LogP contribution in [-0.2, 0) is 10.2 Å². The van der Waals surface area contributed by atoms with Crippen molar-refractivity contribution in [3.63, 3.8) is 0 Å². The third-order valence-electron chi connectivity index (χ3n) is 3.57. The van der Waals surface area contributed by atoms with Gasteiger partial charge in [-0.05, 0) is 31.7 Å². The molecule has 0 radical (unpaired) electrons. The largest absolute Gasteiger partial charge is 0.315 e. The van der Waals surface area contributed by atoms with E-state index in [0.29, 0.717) is 32.1 Å². The predicted molar refractivity (Wildman–Crippen MR) is 68.0 cm³/mol. The van der Waals surface area contributed by atoms with Crippen LogP contribution in [0.4, 0.5) is 0 Å². The summed E-state index contributed by atoms with van der Waals surface area (Å²) in [7, 11) is -3.21. The first kappa shape index (κ1) is 13.3. The summed E-state index contributed by atoms with van der Waals surface area (Å²) in [6, 6.07) is 0. The third kappa shape index (κ3) is 3.19. The van der Waals surface area contributed by atoms with E-state index in [2.05, 4.69) is 12.2 Å². The van der Waals surface area contributed by atoms with E-state index >= 15 is 0 Å². The summed E-state index contributed by atoms with van der Waals surface area (Å²) in [4.78, 5) is 0. The zero-order valence-electron chi connectivity index (χ0n) is 10.6. The molecule has 1 atom stereocenters. The molecule has 5 nitrogen and oxygen atoms in total. The van der Waals surface area contributed by atoms with Crippen molar-refractivity contribution in [1.29, 1.82) is 0 Å². The van der Waals surface area contributed by atoms with Gasteiger partial charge in [-0.1, -0.05) is 6.92 Å². The molecule has 0 aliphatic carbocycles. The molecule has 0 aromatic carbocycles. The molecule has 0 bridgehead atoms. The Morgan fingerprint density at radius 1 is 1.06 bits per heavy atom. The van der Waals surface area contributed by atoms with E-state index in [1.54, 1.807) is 8.61 Å². The highest BCUT2D eigenvalue weighted by Gasteiger charge is 2.32. The maximum atomic E-state index is 12.5. The Labute approximate surface area is 104 Å². The lowest BCUT2D eigenvalue weighted by Crippen LogP contribution is -2.48. The van der Waals surface area contributed by atoms with Gasteiger partial charge in [-0.2, -0.15) is 17.0 Å². The van der Waals surface area contributed by atoms with Crippen LogP contribution in [0.5, 0.6) is 0 Å². The van der Waals surface area contributed by atoms with E-state index < -0.39 is 10.2 Å². The molecule has 0 spiro atoms. The maximum absolute atomic E-state index is 12.5. The van der Waals surface area contributed by atoms with Gasteiger partial charge in [0.1, 0.15) is 0 Å². The number of piperidine rings is 1. The van der Waals surface area contributed by atoms with E-state index in [9.17, 15) is 8.42 Å². The summed E-state index contributed by atoms with van der Waals surface area (Å²) in [6.45, 7) is 6.45. The van der Waals surface area contributed by atoms with Crippen LogP contribution in [-0.4, -0.2) is 56.3 Å². The molecule has 6 heteroatoms. The van der Waals surface area contributed by atoms with Gasteiger partial charge in [0.25, 0.3) is 10.2 Å². The molecule has 2 aliphatic rings. The molecule has 1 unspecified atom stereocenters. The van der Waals surface area contributed by atoms with E-state index in [0.717, 1.165) is 32.4 Å². The molecule has 17 heavy (non-hydrogen) atoms. The van der Waals surface area contributed by atoms with Crippen molar-refractivity contribution in [2.75, 3.05) is 39.3 Å². The fourth-order valence-corrected chi connectivity index (χ4v) is 4.38. The number of rotatable bonds is 2. The zero-order chi connectivity index (χ0) is 12.3. The van der Waals surface area contributed by atoms with Gasteiger partial charge in [0.05, 0.1) is 0 Å². The van der Waals surface area contributed by atoms with Crippen molar-refractivity contribution >= 4 is 10.2 Å². The summed E-state index contributed by atoms with van der Waals surface area (Å²) in [5.74, 6) is 0.489. The van der Waals surface area contributed by atoms with Crippen LogP contribution in [0, 0.1) is 5.92 Å². The van der Waals surface area contributed by atoms with E-state index in [4.69, 9.17) is 0 Å². The standard InChI is InChI=1S/C11H23N3O2S/c1-11-4-2-7-14(10-11)17(15,16)13-8-3-5-12-6-9-13/h11-12H,2-10H2,1H3. The van der Waals surface area contributed by atoms with Gasteiger partial charge in [0.2, 0.25) is 0 Å². The number of hydrogen-bond donors (Lipinski definition) is 1. The number of nitrogens with zero attached hydrogens (tertiary/aromatic N) is 2. The normalized spacial score (nSPS) is 30.1. The van der Waals surface area contributed by atoms with Crippen LogP contribution in [0.15, 0.2) is 0 Å². The zero-order valence-corrected chi connectivity index (χ0v) is 11.4. The Balaban J connectivity index is 2.05. The fourth-order valence-electron chi connectivity index (χ4n) is 2.57. The van der Waals surface area contributed by atoms with Crippen molar-refractivity contribution in [1.82, 2.24) is 13.9 Å². The molecule has 2 aliphatic heterocycles. The molecule has 100 valence electrons. The molecule has 2 fully saturated rings. The first-order valence-electron chi connectivity index (χ1n) is 6.56. The minimum Gasteiger partial charge on any atom is -0.315 e. The third-order valence-corrected chi connectivity index (χ3v) is 5.57. The summed E-state index contributed by atoms with van der Waals surface area (Å²) in [6.07, 6.45) is 3.04. The molecule has 0 amide bonds. The predicted octanol–water partition coefficient (Wildman–Crippen LogP) is 0.258. The second-order valence-corrected chi connectivity index (χ2v) is 7.04. The van der Waals surface area contributed by atoms with Crippen LogP contribution in [0.25, 0.3) is 0 Å². The Hall–Kier alpha value is -0.170. The first-order valence-corrected chi connectivity index (χ1v) is 7.96. The van der Waals surface area contributed by atoms with Gasteiger partial charge in [-0.25, -0.2) is 0 Å². The van der Waals surface area contributed by atoms with Gasteiger partial charge < -0.3 is 5.32 Å². The summed E-state index contributed by atoms with van der Waals surface area (Å²) in [5, 5.41) is 3.24. The van der Waals surface area contributed by atoms with Crippen molar-refractivity contribution in [2.45, 2.75) is 26.2 Å². The molecular formula is C11H23N3O2S. The second kappa shape index (κ2) is 5.65. The lowest BCUT2D eigenvalue weighted by atomic mass is 10.0. The Kier molecular flexibility index (Phi) is 4.41. The van der Waals surface area contributed by atoms with Gasteiger partial charge in [-0.15, -0.1) is 0 Å². The van der Waals surface area contributed by atoms with Crippen molar-refractivity contribution in [3.8, 4) is 0 Å². The van der Waals surface area contributed by atoms with Crippen LogP contribution in [0.3, 0.4) is 0 Å². The molecule has 0 saturated carbocycles. The Morgan fingerprint density at radius 3 is 2.59 bits per heavy atom. The van der Waals surface area contributed by atoms with E-state index in [1.807, 2.05) is 0 Å². The van der Waals surface area contributed by atoms with Gasteiger partial charge in [0.15, 0.2) is 0 Å². The molecule has 1 N–H and O–H groups in total. The lowest BCUT2D eigenvalue weighted by molar-refractivity contribution is 0.259. The monoisotopic (exact) mass is 261 g/mol. The minimum absolute atomic E-state index is 0.489. The summed E-state index contributed by atoms with van der Waals surface area (Å²) in [5.41, 5.74) is 0. The number of hydrogen-bond acceptors (Lipinski definition) is 3. The first-order chi connectivity index (χ1) is 8.10. The maximum Gasteiger partial charge on any atom is 0.282 e. The van der Waals surface area contributed by atoms with Gasteiger partial charge in [-0.3, -0.25) is 0 Å². The van der Waals surface area contributed by atoms with Crippen molar-refractivity contribution in [2.24, 2.45) is 5.92 Å². The minimum atomic E-state index is -3.21. The summed E-state index contributed by atoms with van der Waals surface area (Å²) >= 11 is 0. The second-order valence-electron chi connectivity index (χ2n) is 5.12. The highest BCUT2D eigenvalue weighted by atomic mass is 32.2. The number of nitrogens with one attached hydrogen (secondary N) is 1. The summed E-state index contributed by atoms with van der Waals surface area (Å²) < 4.78 is 28.2. The molecule has 2 saturated heterocycles. The SMILES string of the molecule is CC1CCCN(S(=O)(=O)N2CCCNCC2)C1. The molecule has 0 aromatic heterocycles. The van der Waals surface area contributed by atoms with Crippen molar-refractivity contribution in [3.05, 3.63) is 0 Å². The smallest absolute Gasteiger partial charge is 0.282 e. The van der Waals surface area contributed by atoms with Crippen LogP contribution < -0.4 is 5.32 Å². The van der Waals surface area contributed by atoms with Crippen LogP contribution >= 0.6 is 0 Å². The lowest BCUT2D eigenvalue weighted by Gasteiger charge is -2.34. The van der Waals surface area contributed by atoms with Crippen LogP contribution in [0.1, 0.15) is 26.2 Å². The highest BCUT2D eigenvalue weighted by Crippen LogP contribution is 2.20. The van der Waals surface area contributed by atoms with E-state index in [-0.39, 0.29) is 0 Å². The molecule has 0 aromatic rings. The van der Waals surface area contributed by atoms with Crippen molar-refractivity contribution < 1.29 is 8.42 Å². The van der Waals surface area contributed by atoms with Crippen LogP contribution in [0.2, 0.25) is 0 Å². The topological polar surface area (TPSA) is 52.7 Å². The van der Waals surface area contributed by atoms with E-state index in [1.165, 1.54) is 0 Å². The molecule has 2 rings (SSSR count). The molecule has 2 heterocycles. The average Bonchev–Trinajstić information content (AvgIpc) is 2.58.